The van der Waals surface area contributed by atoms with Gasteiger partial charge in [-0.3, -0.25) is 19.5 Å². The Balaban J connectivity index is 1.25. The Morgan fingerprint density at radius 3 is 2.71 bits per heavy atom. The Kier molecular flexibility index (Phi) is 13.8. The van der Waals surface area contributed by atoms with Gasteiger partial charge in [-0.1, -0.05) is 61.4 Å². The van der Waals surface area contributed by atoms with Crippen LogP contribution in [0.4, 0.5) is 0 Å². The predicted molar refractivity (Wildman–Crippen MR) is 215 cm³/mol. The first-order chi connectivity index (χ1) is 27.1. The number of allylic oxidation sites excluding steroid dienone is 2. The molecule has 296 valence electrons. The lowest BCUT2D eigenvalue weighted by Crippen LogP contribution is -2.46. The summed E-state index contributed by atoms with van der Waals surface area (Å²) in [4.78, 5) is 32.5. The summed E-state index contributed by atoms with van der Waals surface area (Å²) < 4.78 is 19.9. The number of carbonyl (C=O) groups is 2. The molecule has 2 fully saturated rings. The van der Waals surface area contributed by atoms with Crippen LogP contribution in [0.2, 0.25) is 5.02 Å². The van der Waals surface area contributed by atoms with Crippen LogP contribution in [0.5, 0.6) is 11.5 Å². The van der Waals surface area contributed by atoms with E-state index < -0.39 is 17.6 Å². The third kappa shape index (κ3) is 9.98. The fourth-order valence-corrected chi connectivity index (χ4v) is 8.36. The maximum atomic E-state index is 12.2. The molecule has 2 aromatic carbocycles. The van der Waals surface area contributed by atoms with Gasteiger partial charge in [-0.2, -0.15) is 5.26 Å². The van der Waals surface area contributed by atoms with E-state index in [1.807, 2.05) is 23.1 Å². The molecule has 2 aliphatic heterocycles. The van der Waals surface area contributed by atoms with Gasteiger partial charge in [0.15, 0.2) is 0 Å². The first kappa shape index (κ1) is 40.9. The average Bonchev–Trinajstić information content (AvgIpc) is 3.20. The van der Waals surface area contributed by atoms with Gasteiger partial charge in [0, 0.05) is 61.7 Å². The highest BCUT2D eigenvalue weighted by Gasteiger charge is 2.40. The lowest BCUT2D eigenvalue weighted by atomic mass is 9.76. The summed E-state index contributed by atoms with van der Waals surface area (Å²) in [5.41, 5.74) is 10.1. The topological polar surface area (TPSA) is 151 Å². The monoisotopic (exact) mass is 781 g/mol. The molecule has 3 aliphatic rings. The maximum absolute atomic E-state index is 12.2. The Bertz CT molecular complexity index is 1980. The van der Waals surface area contributed by atoms with Gasteiger partial charge in [-0.25, -0.2) is 0 Å². The molecule has 1 amide bonds. The van der Waals surface area contributed by atoms with Gasteiger partial charge in [-0.05, 0) is 87.0 Å². The number of nitrogens with two attached hydrogens (primary N) is 1. The van der Waals surface area contributed by atoms with Crippen LogP contribution in [-0.4, -0.2) is 82.8 Å². The van der Waals surface area contributed by atoms with Crippen LogP contribution in [0, 0.1) is 30.1 Å². The molecule has 0 bridgehead atoms. The smallest absolute Gasteiger partial charge is 0.320 e. The van der Waals surface area contributed by atoms with Crippen LogP contribution in [-0.2, 0) is 27.5 Å². The van der Waals surface area contributed by atoms with Crippen LogP contribution < -0.4 is 15.2 Å². The normalized spacial score (nSPS) is 22.9. The van der Waals surface area contributed by atoms with Crippen molar-refractivity contribution in [2.75, 3.05) is 39.4 Å². The fraction of sp³-hybridized carbons (Fsp3) is 0.455. The summed E-state index contributed by atoms with van der Waals surface area (Å²) in [5, 5.41) is 19.8. The zero-order chi connectivity index (χ0) is 39.7. The van der Waals surface area contributed by atoms with Crippen molar-refractivity contribution in [1.82, 2.24) is 14.8 Å². The molecule has 0 saturated carbocycles. The number of benzene rings is 2. The van der Waals surface area contributed by atoms with E-state index in [4.69, 9.17) is 31.5 Å². The quantitative estimate of drug-likeness (QED) is 0.146. The van der Waals surface area contributed by atoms with Gasteiger partial charge >= 0.3 is 5.97 Å². The number of nitriles is 1. The van der Waals surface area contributed by atoms with E-state index in [2.05, 4.69) is 54.1 Å². The van der Waals surface area contributed by atoms with Crippen molar-refractivity contribution in [3.8, 4) is 17.6 Å². The molecule has 6 rings (SSSR count). The third-order valence-corrected chi connectivity index (χ3v) is 11.7. The molecule has 12 heteroatoms. The lowest BCUT2D eigenvalue weighted by molar-refractivity contribution is -0.144. The van der Waals surface area contributed by atoms with Crippen LogP contribution in [0.25, 0.3) is 5.57 Å². The second-order valence-electron chi connectivity index (χ2n) is 15.2. The van der Waals surface area contributed by atoms with E-state index in [0.717, 1.165) is 61.9 Å². The van der Waals surface area contributed by atoms with Crippen molar-refractivity contribution in [1.29, 1.82) is 5.26 Å². The number of hydrogen-bond acceptors (Lipinski definition) is 9. The molecule has 3 N–H and O–H groups in total. The van der Waals surface area contributed by atoms with Crippen LogP contribution in [0.15, 0.2) is 73.1 Å². The lowest BCUT2D eigenvalue weighted by Gasteiger charge is -2.40. The molecule has 3 heterocycles. The molecule has 2 saturated heterocycles. The van der Waals surface area contributed by atoms with E-state index in [1.165, 1.54) is 11.8 Å². The summed E-state index contributed by atoms with van der Waals surface area (Å²) in [6.07, 6.45) is 14.3. The highest BCUT2D eigenvalue weighted by molar-refractivity contribution is 6.32. The van der Waals surface area contributed by atoms with Gasteiger partial charge in [0.05, 0.1) is 16.5 Å². The molecular formula is C44H52ClN5O6. The second kappa shape index (κ2) is 18.9. The van der Waals surface area contributed by atoms with Crippen LogP contribution in [0.3, 0.4) is 0 Å². The number of halogens is 1. The molecule has 3 unspecified atom stereocenters. The number of aromatic nitrogens is 1. The fourth-order valence-electron chi connectivity index (χ4n) is 8.12. The Morgan fingerprint density at radius 2 is 1.93 bits per heavy atom. The Morgan fingerprint density at radius 1 is 1.09 bits per heavy atom. The second-order valence-corrected chi connectivity index (χ2v) is 15.6. The number of carbonyl (C=O) groups excluding carboxylic acids is 1. The number of aryl methyl sites for hydroxylation is 1. The zero-order valence-electron chi connectivity index (χ0n) is 32.3. The first-order valence-electron chi connectivity index (χ1n) is 19.6. The van der Waals surface area contributed by atoms with Crippen LogP contribution >= 0.6 is 11.6 Å². The SMILES string of the molecule is Cc1ccccc1C1=CC=CC(COc2cc(OCc3cncc(C#N)c3)c(CN3CCCC[C@H]3C(=O)O)cc2Cl)(OCCCN2CCCC(C(N)=O)C2)C1C. The minimum Gasteiger partial charge on any atom is -0.489 e. The summed E-state index contributed by atoms with van der Waals surface area (Å²) in [5.74, 6) is -0.384. The first-order valence-corrected chi connectivity index (χ1v) is 19.9. The van der Waals surface area contributed by atoms with E-state index in [9.17, 15) is 20.0 Å². The van der Waals surface area contributed by atoms with Crippen molar-refractivity contribution < 1.29 is 28.9 Å². The number of nitrogens with zero attached hydrogens (tertiary/aromatic N) is 4. The number of pyridine rings is 1. The molecular weight excluding hydrogens is 730 g/mol. The number of amides is 1. The summed E-state index contributed by atoms with van der Waals surface area (Å²) >= 11 is 7.00. The predicted octanol–water partition coefficient (Wildman–Crippen LogP) is 6.94. The summed E-state index contributed by atoms with van der Waals surface area (Å²) in [6.45, 7) is 8.39. The number of primary amides is 1. The van der Waals surface area contributed by atoms with Gasteiger partial charge in [0.2, 0.25) is 5.91 Å². The minimum atomic E-state index is -0.848. The Hall–Kier alpha value is -4.73. The number of ether oxygens (including phenoxy) is 3. The number of aliphatic carboxylic acids is 1. The number of likely N-dealkylation sites (tertiary alicyclic amines) is 2. The number of carboxylic acid groups (broad SMARTS) is 1. The van der Waals surface area contributed by atoms with Gasteiger partial charge in [0.25, 0.3) is 0 Å². The zero-order valence-corrected chi connectivity index (χ0v) is 33.0. The molecule has 1 aliphatic carbocycles. The van der Waals surface area contributed by atoms with Crippen molar-refractivity contribution in [2.45, 2.75) is 77.2 Å². The average molecular weight is 782 g/mol. The maximum Gasteiger partial charge on any atom is 0.320 e. The number of piperidine rings is 2. The number of carboxylic acids is 1. The molecule has 1 aromatic heterocycles. The van der Waals surface area contributed by atoms with E-state index >= 15 is 0 Å². The summed E-state index contributed by atoms with van der Waals surface area (Å²) in [6, 6.07) is 15.1. The van der Waals surface area contributed by atoms with Crippen LogP contribution in [0.1, 0.15) is 73.3 Å². The molecule has 0 spiro atoms. The Labute approximate surface area is 334 Å². The van der Waals surface area contributed by atoms with Gasteiger partial charge in [-0.15, -0.1) is 0 Å². The molecule has 4 atom stereocenters. The van der Waals surface area contributed by atoms with Gasteiger partial charge in [0.1, 0.15) is 42.4 Å². The highest BCUT2D eigenvalue weighted by atomic mass is 35.5. The minimum absolute atomic E-state index is 0.0939. The third-order valence-electron chi connectivity index (χ3n) is 11.4. The molecule has 3 aromatic rings. The largest absolute Gasteiger partial charge is 0.489 e. The van der Waals surface area contributed by atoms with Crippen molar-refractivity contribution >= 4 is 29.1 Å². The van der Waals surface area contributed by atoms with Gasteiger partial charge < -0.3 is 30.0 Å². The molecule has 56 heavy (non-hydrogen) atoms. The van der Waals surface area contributed by atoms with E-state index in [-0.39, 0.29) is 31.0 Å². The van der Waals surface area contributed by atoms with Crippen molar-refractivity contribution in [3.05, 3.63) is 106 Å². The standard InChI is InChI=1S/C44H52ClN5O6/c1-30-10-3-4-12-36(30)37-13-7-15-44(31(37)2,56-19-9-17-49-16-8-11-34(26-49)42(47)51)29-55-41-22-40(54-28-33-20-32(23-46)24-48-25-33)35(21-38(41)45)27-50-18-6-5-14-39(50)43(52)53/h3-4,7,10,12-13,15,20-22,24-25,31,34,39H,5-6,8-9,11,14,16-19,26-29H2,1-2H3,(H2,47,51)(H,52,53)/t31?,34?,39-,44?/m0/s1. The number of rotatable bonds is 16. The highest BCUT2D eigenvalue weighted by Crippen LogP contribution is 2.42. The molecule has 11 nitrogen and oxygen atoms in total. The molecule has 0 radical (unpaired) electrons. The van der Waals surface area contributed by atoms with Crippen molar-refractivity contribution in [3.63, 3.8) is 0 Å². The van der Waals surface area contributed by atoms with E-state index in [1.54, 1.807) is 24.4 Å². The van der Waals surface area contributed by atoms with E-state index in [0.29, 0.717) is 60.3 Å². The van der Waals surface area contributed by atoms with Crippen molar-refractivity contribution in [2.24, 2.45) is 17.6 Å². The summed E-state index contributed by atoms with van der Waals surface area (Å²) in [7, 11) is 0. The number of hydrogen-bond donors (Lipinski definition) is 2.